The minimum Gasteiger partial charge on any atom is -0.497 e. The SMILES string of the molecule is COc1ccc(N2CC[NH+](CC(=O)NCCSCc3ccc(C)cc3)CC2)cc1. The Labute approximate surface area is 178 Å². The third kappa shape index (κ3) is 6.98. The maximum atomic E-state index is 12.2. The monoisotopic (exact) mass is 414 g/mol. The van der Waals surface area contributed by atoms with E-state index in [-0.39, 0.29) is 5.91 Å². The second-order valence-electron chi connectivity index (χ2n) is 7.50. The van der Waals surface area contributed by atoms with Gasteiger partial charge in [-0.2, -0.15) is 11.8 Å². The first kappa shape index (κ1) is 21.5. The number of amides is 1. The number of hydrogen-bond donors (Lipinski definition) is 2. The van der Waals surface area contributed by atoms with Gasteiger partial charge in [0.2, 0.25) is 0 Å². The van der Waals surface area contributed by atoms with Crippen molar-refractivity contribution in [1.82, 2.24) is 5.32 Å². The van der Waals surface area contributed by atoms with E-state index < -0.39 is 0 Å². The molecule has 2 N–H and O–H groups in total. The number of nitrogens with zero attached hydrogens (tertiary/aromatic N) is 1. The van der Waals surface area contributed by atoms with E-state index in [9.17, 15) is 4.79 Å². The molecule has 29 heavy (non-hydrogen) atoms. The normalized spacial score (nSPS) is 14.6. The van der Waals surface area contributed by atoms with Gasteiger partial charge in [-0.05, 0) is 36.8 Å². The van der Waals surface area contributed by atoms with Crippen LogP contribution in [0.2, 0.25) is 0 Å². The molecule has 0 aliphatic carbocycles. The van der Waals surface area contributed by atoms with Crippen molar-refractivity contribution < 1.29 is 14.4 Å². The van der Waals surface area contributed by atoms with Crippen molar-refractivity contribution in [2.45, 2.75) is 12.7 Å². The van der Waals surface area contributed by atoms with Gasteiger partial charge in [-0.3, -0.25) is 4.79 Å². The molecule has 0 saturated carbocycles. The molecule has 0 unspecified atom stereocenters. The van der Waals surface area contributed by atoms with Crippen molar-refractivity contribution in [2.75, 3.05) is 57.0 Å². The standard InChI is InChI=1S/C23H31N3O2S/c1-19-3-5-20(6-4-19)18-29-16-11-24-23(27)17-25-12-14-26(15-13-25)21-7-9-22(28-2)10-8-21/h3-10H,11-18H2,1-2H3,(H,24,27)/p+1. The highest BCUT2D eigenvalue weighted by Crippen LogP contribution is 2.19. The number of quaternary nitrogens is 1. The van der Waals surface area contributed by atoms with Crippen LogP contribution in [0.15, 0.2) is 48.5 Å². The molecule has 0 radical (unpaired) electrons. The summed E-state index contributed by atoms with van der Waals surface area (Å²) in [5.41, 5.74) is 3.85. The van der Waals surface area contributed by atoms with E-state index in [0.717, 1.165) is 50.0 Å². The van der Waals surface area contributed by atoms with Gasteiger partial charge in [0.15, 0.2) is 6.54 Å². The maximum absolute atomic E-state index is 12.2. The lowest BCUT2D eigenvalue weighted by Crippen LogP contribution is -3.16. The minimum atomic E-state index is 0.161. The van der Waals surface area contributed by atoms with Crippen LogP contribution in [0, 0.1) is 6.92 Å². The Kier molecular flexibility index (Phi) is 8.25. The number of nitrogens with one attached hydrogen (secondary N) is 2. The molecule has 1 aliphatic rings. The van der Waals surface area contributed by atoms with Crippen LogP contribution in [-0.4, -0.2) is 58.0 Å². The molecule has 1 aliphatic heterocycles. The molecule has 2 aromatic rings. The third-order valence-electron chi connectivity index (χ3n) is 5.28. The summed E-state index contributed by atoms with van der Waals surface area (Å²) in [4.78, 5) is 16.0. The molecule has 0 bridgehead atoms. The van der Waals surface area contributed by atoms with E-state index in [1.165, 1.54) is 21.7 Å². The molecule has 156 valence electrons. The zero-order valence-electron chi connectivity index (χ0n) is 17.4. The number of ether oxygens (including phenoxy) is 1. The number of thioether (sulfide) groups is 1. The van der Waals surface area contributed by atoms with Crippen molar-refractivity contribution >= 4 is 23.4 Å². The number of methoxy groups -OCH3 is 1. The predicted octanol–water partition coefficient (Wildman–Crippen LogP) is 1.76. The minimum absolute atomic E-state index is 0.161. The van der Waals surface area contributed by atoms with Crippen LogP contribution < -0.4 is 19.9 Å². The maximum Gasteiger partial charge on any atom is 0.275 e. The number of rotatable bonds is 9. The zero-order valence-corrected chi connectivity index (χ0v) is 18.3. The smallest absolute Gasteiger partial charge is 0.275 e. The summed E-state index contributed by atoms with van der Waals surface area (Å²) in [5.74, 6) is 2.98. The lowest BCUT2D eigenvalue weighted by Gasteiger charge is -2.33. The van der Waals surface area contributed by atoms with Crippen LogP contribution in [0.1, 0.15) is 11.1 Å². The van der Waals surface area contributed by atoms with Crippen molar-refractivity contribution in [3.63, 3.8) is 0 Å². The fraction of sp³-hybridized carbons (Fsp3) is 0.435. The van der Waals surface area contributed by atoms with Crippen molar-refractivity contribution in [1.29, 1.82) is 0 Å². The first-order valence-corrected chi connectivity index (χ1v) is 11.4. The molecule has 1 heterocycles. The molecule has 6 heteroatoms. The molecular weight excluding hydrogens is 382 g/mol. The first-order chi connectivity index (χ1) is 14.1. The average Bonchev–Trinajstić information content (AvgIpc) is 2.75. The fourth-order valence-electron chi connectivity index (χ4n) is 3.48. The summed E-state index contributed by atoms with van der Waals surface area (Å²) in [5, 5.41) is 3.07. The Balaban J connectivity index is 1.28. The second kappa shape index (κ2) is 11.1. The molecule has 1 amide bonds. The molecule has 0 aromatic heterocycles. The molecule has 3 rings (SSSR count). The highest BCUT2D eigenvalue weighted by molar-refractivity contribution is 7.98. The molecular formula is C23H32N3O2S+. The van der Waals surface area contributed by atoms with Crippen LogP contribution in [-0.2, 0) is 10.5 Å². The summed E-state index contributed by atoms with van der Waals surface area (Å²) >= 11 is 1.86. The number of carbonyl (C=O) groups excluding carboxylic acids is 1. The summed E-state index contributed by atoms with van der Waals surface area (Å²) in [6.45, 7) is 7.33. The predicted molar refractivity (Wildman–Crippen MR) is 121 cm³/mol. The van der Waals surface area contributed by atoms with Crippen LogP contribution in [0.3, 0.4) is 0 Å². The van der Waals surface area contributed by atoms with E-state index in [0.29, 0.717) is 6.54 Å². The fourth-order valence-corrected chi connectivity index (χ4v) is 4.30. The Morgan fingerprint density at radius 2 is 1.79 bits per heavy atom. The van der Waals surface area contributed by atoms with Crippen molar-refractivity contribution in [2.24, 2.45) is 0 Å². The number of anilines is 1. The lowest BCUT2D eigenvalue weighted by molar-refractivity contribution is -0.892. The Hall–Kier alpha value is -2.18. The Morgan fingerprint density at radius 1 is 1.10 bits per heavy atom. The van der Waals surface area contributed by atoms with Gasteiger partial charge in [0.1, 0.15) is 5.75 Å². The van der Waals surface area contributed by atoms with Gasteiger partial charge in [-0.1, -0.05) is 29.8 Å². The van der Waals surface area contributed by atoms with Gasteiger partial charge < -0.3 is 19.9 Å². The lowest BCUT2D eigenvalue weighted by atomic mass is 10.2. The first-order valence-electron chi connectivity index (χ1n) is 10.3. The van der Waals surface area contributed by atoms with Gasteiger partial charge in [0.25, 0.3) is 5.91 Å². The highest BCUT2D eigenvalue weighted by Gasteiger charge is 2.22. The van der Waals surface area contributed by atoms with Gasteiger partial charge in [0.05, 0.1) is 33.3 Å². The Morgan fingerprint density at radius 3 is 2.45 bits per heavy atom. The average molecular weight is 415 g/mol. The third-order valence-corrected chi connectivity index (χ3v) is 6.31. The molecule has 0 spiro atoms. The zero-order chi connectivity index (χ0) is 20.5. The summed E-state index contributed by atoms with van der Waals surface area (Å²) in [6, 6.07) is 16.8. The van der Waals surface area contributed by atoms with E-state index in [2.05, 4.69) is 53.5 Å². The Bertz CT molecular complexity index is 757. The number of hydrogen-bond acceptors (Lipinski definition) is 4. The summed E-state index contributed by atoms with van der Waals surface area (Å²) in [7, 11) is 1.69. The van der Waals surface area contributed by atoms with Crippen molar-refractivity contribution in [3.05, 3.63) is 59.7 Å². The second-order valence-corrected chi connectivity index (χ2v) is 8.61. The summed E-state index contributed by atoms with van der Waals surface area (Å²) in [6.07, 6.45) is 0. The van der Waals surface area contributed by atoms with Gasteiger partial charge in [-0.15, -0.1) is 0 Å². The van der Waals surface area contributed by atoms with Crippen LogP contribution in [0.5, 0.6) is 5.75 Å². The molecule has 1 saturated heterocycles. The number of carbonyl (C=O) groups is 1. The molecule has 2 aromatic carbocycles. The summed E-state index contributed by atoms with van der Waals surface area (Å²) < 4.78 is 5.22. The highest BCUT2D eigenvalue weighted by atomic mass is 32.2. The van der Waals surface area contributed by atoms with E-state index >= 15 is 0 Å². The van der Waals surface area contributed by atoms with Crippen molar-refractivity contribution in [3.8, 4) is 5.75 Å². The topological polar surface area (TPSA) is 46.0 Å². The van der Waals surface area contributed by atoms with Gasteiger partial charge in [-0.25, -0.2) is 0 Å². The largest absolute Gasteiger partial charge is 0.497 e. The van der Waals surface area contributed by atoms with Crippen LogP contribution >= 0.6 is 11.8 Å². The van der Waals surface area contributed by atoms with Gasteiger partial charge in [0, 0.05) is 23.7 Å². The number of aryl methyl sites for hydroxylation is 1. The van der Waals surface area contributed by atoms with Gasteiger partial charge >= 0.3 is 0 Å². The van der Waals surface area contributed by atoms with Crippen LogP contribution in [0.25, 0.3) is 0 Å². The van der Waals surface area contributed by atoms with E-state index in [1.54, 1.807) is 7.11 Å². The number of piperazine rings is 1. The quantitative estimate of drug-likeness (QED) is 0.614. The van der Waals surface area contributed by atoms with E-state index in [1.807, 2.05) is 23.9 Å². The molecule has 1 fully saturated rings. The number of benzene rings is 2. The van der Waals surface area contributed by atoms with Crippen LogP contribution in [0.4, 0.5) is 5.69 Å². The molecule has 5 nitrogen and oxygen atoms in total. The molecule has 0 atom stereocenters. The van der Waals surface area contributed by atoms with E-state index in [4.69, 9.17) is 4.74 Å².